The van der Waals surface area contributed by atoms with E-state index in [4.69, 9.17) is 9.26 Å². The molecule has 1 aromatic rings. The fourth-order valence-electron chi connectivity index (χ4n) is 11.1. The standard InChI is InChI=1S/C32H45NO4/c1-18-9-12-32(27(35)36-8)14-13-31(7)25(24(32)19(18)2)21(34)15-23-29(5)16-20-17-33-37-26(20)28(3,4)22(29)10-11-30(23,31)6/h15,17-19,22,24-25H,9-14,16H2,1-8H3/t18-,19+,22+,24+,25-,29+,30-,31-,32+/m1/s1. The zero-order valence-electron chi connectivity index (χ0n) is 24.1. The maximum atomic E-state index is 14.5. The van der Waals surface area contributed by atoms with Crippen LogP contribution in [-0.2, 0) is 26.2 Å². The Morgan fingerprint density at radius 2 is 1.78 bits per heavy atom. The number of ketones is 1. The molecule has 0 radical (unpaired) electrons. The van der Waals surface area contributed by atoms with Crippen molar-refractivity contribution in [3.63, 3.8) is 0 Å². The van der Waals surface area contributed by atoms with E-state index in [0.29, 0.717) is 17.8 Å². The van der Waals surface area contributed by atoms with Gasteiger partial charge < -0.3 is 9.26 Å². The van der Waals surface area contributed by atoms with E-state index in [0.717, 1.165) is 50.7 Å². The third-order valence-electron chi connectivity index (χ3n) is 13.3. The van der Waals surface area contributed by atoms with E-state index in [9.17, 15) is 9.59 Å². The van der Waals surface area contributed by atoms with Crippen molar-refractivity contribution in [2.24, 2.45) is 51.2 Å². The Morgan fingerprint density at radius 3 is 2.49 bits per heavy atom. The third-order valence-corrected chi connectivity index (χ3v) is 13.3. The number of carbonyl (C=O) groups is 2. The Bertz CT molecular complexity index is 1200. The number of carbonyl (C=O) groups excluding carboxylic acids is 2. The first-order chi connectivity index (χ1) is 17.3. The molecule has 0 aliphatic heterocycles. The van der Waals surface area contributed by atoms with Crippen LogP contribution in [0.15, 0.2) is 22.4 Å². The van der Waals surface area contributed by atoms with E-state index in [1.165, 1.54) is 18.2 Å². The van der Waals surface area contributed by atoms with Gasteiger partial charge in [-0.25, -0.2) is 0 Å². The van der Waals surface area contributed by atoms with Crippen LogP contribution in [0.1, 0.15) is 98.3 Å². The second-order valence-electron chi connectivity index (χ2n) is 14.8. The van der Waals surface area contributed by atoms with Gasteiger partial charge in [0.25, 0.3) is 0 Å². The van der Waals surface area contributed by atoms with Gasteiger partial charge in [-0.3, -0.25) is 9.59 Å². The van der Waals surface area contributed by atoms with Gasteiger partial charge >= 0.3 is 5.97 Å². The molecule has 6 rings (SSSR count). The maximum absolute atomic E-state index is 14.5. The Morgan fingerprint density at radius 1 is 1.05 bits per heavy atom. The van der Waals surface area contributed by atoms with Gasteiger partial charge in [-0.2, -0.15) is 0 Å². The number of rotatable bonds is 1. The summed E-state index contributed by atoms with van der Waals surface area (Å²) in [4.78, 5) is 28.0. The van der Waals surface area contributed by atoms with Gasteiger partial charge in [-0.15, -0.1) is 0 Å². The first-order valence-corrected chi connectivity index (χ1v) is 14.6. The third kappa shape index (κ3) is 2.84. The number of aromatic nitrogens is 1. The lowest BCUT2D eigenvalue weighted by atomic mass is 9.33. The van der Waals surface area contributed by atoms with Crippen LogP contribution in [0.3, 0.4) is 0 Å². The number of allylic oxidation sites excluding steroid dienone is 2. The highest BCUT2D eigenvalue weighted by Gasteiger charge is 2.71. The van der Waals surface area contributed by atoms with Crippen LogP contribution < -0.4 is 0 Å². The van der Waals surface area contributed by atoms with Gasteiger partial charge in [0.15, 0.2) is 5.78 Å². The largest absolute Gasteiger partial charge is 0.469 e. The van der Waals surface area contributed by atoms with Crippen molar-refractivity contribution in [3.05, 3.63) is 29.2 Å². The van der Waals surface area contributed by atoms with Crippen molar-refractivity contribution in [3.8, 4) is 0 Å². The summed E-state index contributed by atoms with van der Waals surface area (Å²) in [6.07, 6.45) is 10.6. The Balaban J connectivity index is 1.52. The van der Waals surface area contributed by atoms with Crippen molar-refractivity contribution in [1.82, 2.24) is 5.16 Å². The van der Waals surface area contributed by atoms with Crippen LogP contribution in [0.5, 0.6) is 0 Å². The molecule has 37 heavy (non-hydrogen) atoms. The Hall–Kier alpha value is -1.91. The molecule has 3 saturated carbocycles. The highest BCUT2D eigenvalue weighted by atomic mass is 16.5. The molecule has 0 unspecified atom stereocenters. The van der Waals surface area contributed by atoms with E-state index in [1.807, 2.05) is 6.20 Å². The minimum Gasteiger partial charge on any atom is -0.469 e. The van der Waals surface area contributed by atoms with E-state index in [1.54, 1.807) is 0 Å². The number of ether oxygens (including phenoxy) is 1. The number of nitrogens with zero attached hydrogens (tertiary/aromatic N) is 1. The molecular weight excluding hydrogens is 462 g/mol. The molecule has 202 valence electrons. The molecule has 0 bridgehead atoms. The molecule has 0 N–H and O–H groups in total. The van der Waals surface area contributed by atoms with E-state index in [2.05, 4.69) is 59.7 Å². The molecule has 1 heterocycles. The minimum atomic E-state index is -0.534. The van der Waals surface area contributed by atoms with Gasteiger partial charge in [-0.05, 0) is 90.9 Å². The van der Waals surface area contributed by atoms with Crippen LogP contribution >= 0.6 is 0 Å². The lowest BCUT2D eigenvalue weighted by molar-refractivity contribution is -0.195. The first kappa shape index (κ1) is 25.4. The second-order valence-corrected chi connectivity index (χ2v) is 14.8. The van der Waals surface area contributed by atoms with Crippen molar-refractivity contribution < 1.29 is 18.8 Å². The predicted molar refractivity (Wildman–Crippen MR) is 142 cm³/mol. The summed E-state index contributed by atoms with van der Waals surface area (Å²) in [6, 6.07) is 0. The van der Waals surface area contributed by atoms with Crippen LogP contribution in [-0.4, -0.2) is 24.0 Å². The lowest BCUT2D eigenvalue weighted by Gasteiger charge is -2.69. The molecule has 0 amide bonds. The number of methoxy groups -OCH3 is 1. The summed E-state index contributed by atoms with van der Waals surface area (Å²) in [7, 11) is 1.53. The molecule has 5 heteroatoms. The first-order valence-electron chi connectivity index (χ1n) is 14.6. The zero-order valence-corrected chi connectivity index (χ0v) is 24.1. The molecule has 9 atom stereocenters. The summed E-state index contributed by atoms with van der Waals surface area (Å²) < 4.78 is 11.3. The zero-order chi connectivity index (χ0) is 26.8. The highest BCUT2D eigenvalue weighted by Crippen LogP contribution is 2.74. The summed E-state index contributed by atoms with van der Waals surface area (Å²) in [5.74, 6) is 2.27. The van der Waals surface area contributed by atoms with Gasteiger partial charge in [0.1, 0.15) is 5.76 Å². The molecule has 5 aliphatic rings. The van der Waals surface area contributed by atoms with Crippen molar-refractivity contribution in [2.45, 2.75) is 98.8 Å². The van der Waals surface area contributed by atoms with Crippen molar-refractivity contribution >= 4 is 11.8 Å². The predicted octanol–water partition coefficient (Wildman–Crippen LogP) is 6.70. The summed E-state index contributed by atoms with van der Waals surface area (Å²) >= 11 is 0. The number of esters is 1. The number of hydrogen-bond acceptors (Lipinski definition) is 5. The lowest BCUT2D eigenvalue weighted by Crippen LogP contribution is -2.67. The van der Waals surface area contributed by atoms with Gasteiger partial charge in [0.05, 0.1) is 18.7 Å². The molecule has 5 aliphatic carbocycles. The summed E-state index contributed by atoms with van der Waals surface area (Å²) in [5.41, 5.74) is 1.47. The second kappa shape index (κ2) is 7.60. The highest BCUT2D eigenvalue weighted by molar-refractivity contribution is 5.96. The maximum Gasteiger partial charge on any atom is 0.312 e. The van der Waals surface area contributed by atoms with Crippen LogP contribution in [0.25, 0.3) is 0 Å². The quantitative estimate of drug-likeness (QED) is 0.396. The van der Waals surface area contributed by atoms with E-state index in [-0.39, 0.29) is 45.2 Å². The van der Waals surface area contributed by atoms with Crippen LogP contribution in [0, 0.1) is 51.2 Å². The average Bonchev–Trinajstić information content (AvgIpc) is 3.31. The van der Waals surface area contributed by atoms with Gasteiger partial charge in [0.2, 0.25) is 0 Å². The van der Waals surface area contributed by atoms with Crippen LogP contribution in [0.4, 0.5) is 0 Å². The normalized spacial score (nSPS) is 47.9. The van der Waals surface area contributed by atoms with E-state index < -0.39 is 5.41 Å². The fourth-order valence-corrected chi connectivity index (χ4v) is 11.1. The molecule has 1 aromatic heterocycles. The topological polar surface area (TPSA) is 69.4 Å². The summed E-state index contributed by atoms with van der Waals surface area (Å²) in [5, 5.41) is 4.19. The average molecular weight is 508 g/mol. The van der Waals surface area contributed by atoms with Gasteiger partial charge in [-0.1, -0.05) is 59.2 Å². The monoisotopic (exact) mass is 507 g/mol. The SMILES string of the molecule is COC(=O)[C@]12CC[C@@H](C)[C@H](C)[C@H]1[C@H]1C(=O)C=C3[C@@]4(C)Cc5cnoc5C(C)(C)[C@@H]4CC[C@@]3(C)[C@]1(C)CC2. The number of fused-ring (bicyclic) bond motifs is 8. The van der Waals surface area contributed by atoms with Crippen LogP contribution in [0.2, 0.25) is 0 Å². The molecule has 0 saturated heterocycles. The molecule has 3 fully saturated rings. The van der Waals surface area contributed by atoms with E-state index >= 15 is 0 Å². The fraction of sp³-hybridized carbons (Fsp3) is 0.781. The molecule has 0 aromatic carbocycles. The Kier molecular flexibility index (Phi) is 5.21. The number of hydrogen-bond donors (Lipinski definition) is 0. The van der Waals surface area contributed by atoms with Gasteiger partial charge in [0, 0.05) is 16.9 Å². The van der Waals surface area contributed by atoms with Crippen molar-refractivity contribution in [1.29, 1.82) is 0 Å². The molecular formula is C32H45NO4. The van der Waals surface area contributed by atoms with Crippen molar-refractivity contribution in [2.75, 3.05) is 7.11 Å². The molecule has 0 spiro atoms. The summed E-state index contributed by atoms with van der Waals surface area (Å²) in [6.45, 7) is 16.5. The smallest absolute Gasteiger partial charge is 0.312 e. The minimum absolute atomic E-state index is 0.0302. The Labute approximate surface area is 222 Å². The molecule has 5 nitrogen and oxygen atoms in total.